The molecule has 0 bridgehead atoms. The Morgan fingerprint density at radius 2 is 1.52 bits per heavy atom. The van der Waals surface area contributed by atoms with Crippen LogP contribution in [0.4, 0.5) is 0 Å². The highest BCUT2D eigenvalue weighted by Gasteiger charge is 2.17. The van der Waals surface area contributed by atoms with Crippen LogP contribution < -0.4 is 14.2 Å². The maximum Gasteiger partial charge on any atom is 0.153 e. The molecule has 27 heavy (non-hydrogen) atoms. The average molecular weight is 427 g/mol. The molecular formula is C22H19BrO4. The van der Waals surface area contributed by atoms with Crippen molar-refractivity contribution in [3.05, 3.63) is 64.6 Å². The summed E-state index contributed by atoms with van der Waals surface area (Å²) in [7, 11) is 4.82. The van der Waals surface area contributed by atoms with Crippen molar-refractivity contribution in [3.8, 4) is 39.5 Å². The van der Waals surface area contributed by atoms with Crippen molar-refractivity contribution in [1.29, 1.82) is 0 Å². The second-order valence-corrected chi connectivity index (χ2v) is 6.66. The monoisotopic (exact) mass is 426 g/mol. The summed E-state index contributed by atoms with van der Waals surface area (Å²) in [4.78, 5) is 11.4. The van der Waals surface area contributed by atoms with Gasteiger partial charge in [0.15, 0.2) is 6.29 Å². The van der Waals surface area contributed by atoms with Gasteiger partial charge >= 0.3 is 0 Å². The van der Waals surface area contributed by atoms with E-state index < -0.39 is 0 Å². The number of rotatable bonds is 6. The van der Waals surface area contributed by atoms with E-state index in [1.165, 1.54) is 0 Å². The van der Waals surface area contributed by atoms with Crippen LogP contribution in [0.3, 0.4) is 0 Å². The summed E-state index contributed by atoms with van der Waals surface area (Å²) in [6.07, 6.45) is 0.786. The molecule has 0 fully saturated rings. The predicted molar refractivity (Wildman–Crippen MR) is 110 cm³/mol. The largest absolute Gasteiger partial charge is 0.497 e. The van der Waals surface area contributed by atoms with Crippen LogP contribution in [-0.2, 0) is 0 Å². The molecule has 0 unspecified atom stereocenters. The molecule has 0 spiro atoms. The molecular weight excluding hydrogens is 408 g/mol. The number of hydrogen-bond acceptors (Lipinski definition) is 4. The molecule has 0 aromatic heterocycles. The number of methoxy groups -OCH3 is 3. The van der Waals surface area contributed by atoms with E-state index in [0.717, 1.165) is 44.5 Å². The van der Waals surface area contributed by atoms with E-state index in [1.54, 1.807) is 33.5 Å². The van der Waals surface area contributed by atoms with Gasteiger partial charge in [-0.15, -0.1) is 0 Å². The zero-order chi connectivity index (χ0) is 19.4. The standard InChI is InChI=1S/C22H19BrO4/c1-25-16-9-7-14(8-10-16)17-5-4-6-18(22(17)27-3)19-11-15(13-24)21(26-2)12-20(19)23/h4-13H,1-3H3. The van der Waals surface area contributed by atoms with Crippen LogP contribution in [-0.4, -0.2) is 27.6 Å². The fourth-order valence-corrected chi connectivity index (χ4v) is 3.55. The van der Waals surface area contributed by atoms with E-state index in [-0.39, 0.29) is 0 Å². The van der Waals surface area contributed by atoms with E-state index in [4.69, 9.17) is 14.2 Å². The van der Waals surface area contributed by atoms with Crippen molar-refractivity contribution in [2.24, 2.45) is 0 Å². The SMILES string of the molecule is COc1ccc(-c2cccc(-c3cc(C=O)c(OC)cc3Br)c2OC)cc1. The van der Waals surface area contributed by atoms with Crippen LogP contribution in [0.15, 0.2) is 59.1 Å². The fourth-order valence-electron chi connectivity index (χ4n) is 3.01. The van der Waals surface area contributed by atoms with Crippen LogP contribution in [0.5, 0.6) is 17.2 Å². The quantitative estimate of drug-likeness (QED) is 0.479. The van der Waals surface area contributed by atoms with Gasteiger partial charge in [-0.1, -0.05) is 46.3 Å². The lowest BCUT2D eigenvalue weighted by molar-refractivity contribution is 0.112. The highest BCUT2D eigenvalue weighted by Crippen LogP contribution is 2.43. The lowest BCUT2D eigenvalue weighted by Gasteiger charge is -2.16. The third-order valence-electron chi connectivity index (χ3n) is 4.36. The minimum atomic E-state index is 0.479. The number of para-hydroxylation sites is 1. The zero-order valence-electron chi connectivity index (χ0n) is 15.3. The summed E-state index contributed by atoms with van der Waals surface area (Å²) in [5.74, 6) is 2.04. The molecule has 0 saturated heterocycles. The number of halogens is 1. The molecule has 0 amide bonds. The highest BCUT2D eigenvalue weighted by molar-refractivity contribution is 9.10. The minimum absolute atomic E-state index is 0.479. The molecule has 0 N–H and O–H groups in total. The second kappa shape index (κ2) is 8.27. The molecule has 0 aliphatic rings. The molecule has 4 nitrogen and oxygen atoms in total. The Labute approximate surface area is 166 Å². The van der Waals surface area contributed by atoms with Crippen molar-refractivity contribution in [3.63, 3.8) is 0 Å². The number of hydrogen-bond donors (Lipinski definition) is 0. The van der Waals surface area contributed by atoms with Crippen molar-refractivity contribution in [2.75, 3.05) is 21.3 Å². The van der Waals surface area contributed by atoms with Gasteiger partial charge in [-0.3, -0.25) is 4.79 Å². The number of benzene rings is 3. The first-order valence-corrected chi connectivity index (χ1v) is 9.06. The van der Waals surface area contributed by atoms with Crippen molar-refractivity contribution in [2.45, 2.75) is 0 Å². The Kier molecular flexibility index (Phi) is 5.81. The van der Waals surface area contributed by atoms with Gasteiger partial charge in [-0.2, -0.15) is 0 Å². The molecule has 0 radical (unpaired) electrons. The first-order valence-electron chi connectivity index (χ1n) is 8.27. The fraction of sp³-hybridized carbons (Fsp3) is 0.136. The smallest absolute Gasteiger partial charge is 0.153 e. The first-order chi connectivity index (χ1) is 13.1. The van der Waals surface area contributed by atoms with E-state index in [1.807, 2.05) is 42.5 Å². The number of carbonyl (C=O) groups excluding carboxylic acids is 1. The predicted octanol–water partition coefficient (Wildman–Crippen LogP) is 5.62. The highest BCUT2D eigenvalue weighted by atomic mass is 79.9. The van der Waals surface area contributed by atoms with Crippen molar-refractivity contribution < 1.29 is 19.0 Å². The Bertz CT molecular complexity index is 965. The van der Waals surface area contributed by atoms with Gasteiger partial charge in [0.25, 0.3) is 0 Å². The van der Waals surface area contributed by atoms with Crippen LogP contribution in [0.25, 0.3) is 22.3 Å². The lowest BCUT2D eigenvalue weighted by atomic mass is 9.96. The summed E-state index contributed by atoms with van der Waals surface area (Å²) in [6, 6.07) is 17.3. The molecule has 0 aliphatic carbocycles. The molecule has 3 aromatic rings. The Morgan fingerprint density at radius 3 is 2.11 bits per heavy atom. The maximum absolute atomic E-state index is 11.4. The number of ether oxygens (including phenoxy) is 3. The van der Waals surface area contributed by atoms with Gasteiger partial charge in [-0.05, 0) is 29.8 Å². The molecule has 3 rings (SSSR count). The molecule has 0 atom stereocenters. The molecule has 0 aliphatic heterocycles. The van der Waals surface area contributed by atoms with Gasteiger partial charge in [0.05, 0.1) is 26.9 Å². The topological polar surface area (TPSA) is 44.8 Å². The number of aldehydes is 1. The van der Waals surface area contributed by atoms with Gasteiger partial charge in [0.1, 0.15) is 17.2 Å². The summed E-state index contributed by atoms with van der Waals surface area (Å²) < 4.78 is 17.1. The van der Waals surface area contributed by atoms with Crippen LogP contribution in [0.2, 0.25) is 0 Å². The van der Waals surface area contributed by atoms with E-state index in [2.05, 4.69) is 15.9 Å². The first kappa shape index (κ1) is 19.0. The maximum atomic E-state index is 11.4. The van der Waals surface area contributed by atoms with Crippen LogP contribution >= 0.6 is 15.9 Å². The van der Waals surface area contributed by atoms with E-state index >= 15 is 0 Å². The summed E-state index contributed by atoms with van der Waals surface area (Å²) in [5.41, 5.74) is 4.17. The Morgan fingerprint density at radius 1 is 0.815 bits per heavy atom. The van der Waals surface area contributed by atoms with Crippen LogP contribution in [0.1, 0.15) is 10.4 Å². The molecule has 0 heterocycles. The molecule has 0 saturated carbocycles. The van der Waals surface area contributed by atoms with Crippen molar-refractivity contribution >= 4 is 22.2 Å². The Hall–Kier alpha value is -2.79. The summed E-state index contributed by atoms with van der Waals surface area (Å²) in [6.45, 7) is 0. The number of carbonyl (C=O) groups is 1. The summed E-state index contributed by atoms with van der Waals surface area (Å²) in [5, 5.41) is 0. The second-order valence-electron chi connectivity index (χ2n) is 5.81. The third-order valence-corrected chi connectivity index (χ3v) is 5.01. The zero-order valence-corrected chi connectivity index (χ0v) is 16.9. The van der Waals surface area contributed by atoms with Gasteiger partial charge in [-0.25, -0.2) is 0 Å². The Balaban J connectivity index is 2.19. The van der Waals surface area contributed by atoms with Crippen molar-refractivity contribution in [1.82, 2.24) is 0 Å². The minimum Gasteiger partial charge on any atom is -0.497 e. The van der Waals surface area contributed by atoms with Gasteiger partial charge < -0.3 is 14.2 Å². The average Bonchev–Trinajstić information content (AvgIpc) is 2.73. The van der Waals surface area contributed by atoms with E-state index in [0.29, 0.717) is 11.3 Å². The normalized spacial score (nSPS) is 10.4. The molecule has 3 aromatic carbocycles. The van der Waals surface area contributed by atoms with Gasteiger partial charge in [0.2, 0.25) is 0 Å². The molecule has 5 heteroatoms. The van der Waals surface area contributed by atoms with E-state index in [9.17, 15) is 4.79 Å². The van der Waals surface area contributed by atoms with Gasteiger partial charge in [0, 0.05) is 21.2 Å². The van der Waals surface area contributed by atoms with Crippen LogP contribution in [0, 0.1) is 0 Å². The lowest BCUT2D eigenvalue weighted by Crippen LogP contribution is -1.96. The molecule has 138 valence electrons. The summed E-state index contributed by atoms with van der Waals surface area (Å²) >= 11 is 3.58. The third kappa shape index (κ3) is 3.69.